The van der Waals surface area contributed by atoms with Gasteiger partial charge >= 0.3 is 4.87 Å². The molecule has 0 atom stereocenters. The van der Waals surface area contributed by atoms with Gasteiger partial charge in [-0.25, -0.2) is 0 Å². The lowest BCUT2D eigenvalue weighted by Crippen LogP contribution is -2.47. The van der Waals surface area contributed by atoms with E-state index in [2.05, 4.69) is 0 Å². The van der Waals surface area contributed by atoms with E-state index in [1.807, 2.05) is 0 Å². The number of thiazole rings is 1. The number of hydrogen-bond acceptors (Lipinski definition) is 7. The van der Waals surface area contributed by atoms with Crippen LogP contribution >= 0.6 is 22.9 Å². The molecule has 35 heavy (non-hydrogen) atoms. The molecule has 1 aromatic heterocycles. The Kier molecular flexibility index (Phi) is 6.95. The molecule has 0 aliphatic carbocycles. The predicted octanol–water partition coefficient (Wildman–Crippen LogP) is 3.93. The minimum absolute atomic E-state index is 0.149. The topological polar surface area (TPSA) is 97.7 Å². The van der Waals surface area contributed by atoms with Crippen molar-refractivity contribution < 1.29 is 24.2 Å². The summed E-state index contributed by atoms with van der Waals surface area (Å²) in [7, 11) is 0. The molecule has 0 amide bonds. The molecule has 0 saturated carbocycles. The van der Waals surface area contributed by atoms with Gasteiger partial charge in [-0.05, 0) is 68.4 Å². The quantitative estimate of drug-likeness (QED) is 0.316. The Bertz CT molecular complexity index is 1450. The number of carboxylic acid groups (broad SMARTS) is 1. The molecular formula is C26H21ClNO6S-. The molecule has 0 radical (unpaired) electrons. The maximum atomic E-state index is 12.8. The Labute approximate surface area is 210 Å². The average Bonchev–Trinajstić information content (AvgIpc) is 3.13. The number of aromatic nitrogens is 1. The molecule has 4 aromatic rings. The van der Waals surface area contributed by atoms with Gasteiger partial charge in [-0.2, -0.15) is 0 Å². The Morgan fingerprint density at radius 2 is 1.69 bits per heavy atom. The van der Waals surface area contributed by atoms with Gasteiger partial charge in [0.15, 0.2) is 5.78 Å². The van der Waals surface area contributed by atoms with Crippen LogP contribution < -0.4 is 19.5 Å². The third kappa shape index (κ3) is 5.55. The van der Waals surface area contributed by atoms with Crippen molar-refractivity contribution in [2.24, 2.45) is 0 Å². The number of carbonyl (C=O) groups is 2. The monoisotopic (exact) mass is 510 g/mol. The van der Waals surface area contributed by atoms with Gasteiger partial charge in [0.2, 0.25) is 0 Å². The van der Waals surface area contributed by atoms with Gasteiger partial charge in [0, 0.05) is 16.1 Å². The van der Waals surface area contributed by atoms with Crippen molar-refractivity contribution in [3.05, 3.63) is 92.5 Å². The van der Waals surface area contributed by atoms with Gasteiger partial charge in [0.1, 0.15) is 23.7 Å². The highest BCUT2D eigenvalue weighted by Crippen LogP contribution is 2.24. The van der Waals surface area contributed by atoms with E-state index in [1.165, 1.54) is 13.8 Å². The normalized spacial score (nSPS) is 11.4. The summed E-state index contributed by atoms with van der Waals surface area (Å²) in [6, 6.07) is 18.4. The first-order chi connectivity index (χ1) is 16.6. The predicted molar refractivity (Wildman–Crippen MR) is 133 cm³/mol. The number of fused-ring (bicyclic) bond motifs is 1. The van der Waals surface area contributed by atoms with E-state index in [-0.39, 0.29) is 17.3 Å². The SMILES string of the molecule is CC(C)(Oc1ccc(OCCn2c(=O)sc3cc(C(=O)c4cccc(Cl)c4)ccc32)cc1)C(=O)[O-]. The number of ether oxygens (including phenoxy) is 2. The van der Waals surface area contributed by atoms with E-state index in [9.17, 15) is 19.5 Å². The zero-order valence-electron chi connectivity index (χ0n) is 18.9. The van der Waals surface area contributed by atoms with Crippen LogP contribution in [0.2, 0.25) is 5.02 Å². The molecule has 0 aliphatic heterocycles. The summed E-state index contributed by atoms with van der Waals surface area (Å²) in [6.07, 6.45) is 0. The first kappa shape index (κ1) is 24.5. The number of nitrogens with zero attached hydrogens (tertiary/aromatic N) is 1. The zero-order valence-corrected chi connectivity index (χ0v) is 20.5. The zero-order chi connectivity index (χ0) is 25.2. The van der Waals surface area contributed by atoms with Gasteiger partial charge in [0.05, 0.1) is 22.7 Å². The summed E-state index contributed by atoms with van der Waals surface area (Å²) in [4.78, 5) is 36.3. The standard InChI is InChI=1S/C26H22ClNO6S/c1-26(2,24(30)31)34-20-9-7-19(8-10-20)33-13-12-28-21-11-6-17(15-22(21)35-25(28)32)23(29)16-4-3-5-18(27)14-16/h3-11,14-15H,12-13H2,1-2H3,(H,30,31)/p-1. The molecule has 0 N–H and O–H groups in total. The summed E-state index contributed by atoms with van der Waals surface area (Å²) >= 11 is 7.06. The van der Waals surface area contributed by atoms with Crippen LogP contribution in [0.5, 0.6) is 11.5 Å². The Hall–Kier alpha value is -3.62. The molecular weight excluding hydrogens is 490 g/mol. The van der Waals surface area contributed by atoms with Crippen molar-refractivity contribution in [1.82, 2.24) is 4.57 Å². The van der Waals surface area contributed by atoms with Gasteiger partial charge < -0.3 is 19.4 Å². The summed E-state index contributed by atoms with van der Waals surface area (Å²) < 4.78 is 13.5. The first-order valence-corrected chi connectivity index (χ1v) is 11.9. The van der Waals surface area contributed by atoms with E-state index >= 15 is 0 Å². The van der Waals surface area contributed by atoms with Crippen LogP contribution in [0.25, 0.3) is 10.2 Å². The number of rotatable bonds is 9. The summed E-state index contributed by atoms with van der Waals surface area (Å²) in [5.41, 5.74) is 0.229. The molecule has 1 heterocycles. The summed E-state index contributed by atoms with van der Waals surface area (Å²) in [5.74, 6) is -0.562. The fraction of sp³-hybridized carbons (Fsp3) is 0.192. The number of halogens is 1. The lowest BCUT2D eigenvalue weighted by molar-refractivity contribution is -0.320. The van der Waals surface area contributed by atoms with Crippen LogP contribution in [0.3, 0.4) is 0 Å². The highest BCUT2D eigenvalue weighted by atomic mass is 35.5. The Morgan fingerprint density at radius 3 is 2.37 bits per heavy atom. The third-order valence-electron chi connectivity index (χ3n) is 5.29. The van der Waals surface area contributed by atoms with Crippen molar-refractivity contribution in [2.45, 2.75) is 26.0 Å². The molecule has 7 nitrogen and oxygen atoms in total. The maximum absolute atomic E-state index is 12.8. The fourth-order valence-electron chi connectivity index (χ4n) is 3.41. The molecule has 9 heteroatoms. The van der Waals surface area contributed by atoms with E-state index in [4.69, 9.17) is 21.1 Å². The largest absolute Gasteiger partial charge is 0.546 e. The molecule has 0 bridgehead atoms. The lowest BCUT2D eigenvalue weighted by atomic mass is 10.0. The molecule has 3 aromatic carbocycles. The van der Waals surface area contributed by atoms with Crippen molar-refractivity contribution >= 4 is 44.9 Å². The highest BCUT2D eigenvalue weighted by Gasteiger charge is 2.21. The van der Waals surface area contributed by atoms with Crippen LogP contribution in [0, 0.1) is 0 Å². The number of hydrogen-bond donors (Lipinski definition) is 0. The van der Waals surface area contributed by atoms with Crippen molar-refractivity contribution in [3.8, 4) is 11.5 Å². The van der Waals surface area contributed by atoms with Crippen LogP contribution in [0.1, 0.15) is 29.8 Å². The molecule has 0 saturated heterocycles. The molecule has 4 rings (SSSR count). The van der Waals surface area contributed by atoms with E-state index in [0.29, 0.717) is 38.9 Å². The second-order valence-corrected chi connectivity index (χ2v) is 9.69. The molecule has 0 spiro atoms. The highest BCUT2D eigenvalue weighted by molar-refractivity contribution is 7.16. The van der Waals surface area contributed by atoms with Crippen LogP contribution in [0.15, 0.2) is 71.5 Å². The lowest BCUT2D eigenvalue weighted by Gasteiger charge is -2.27. The second kappa shape index (κ2) is 9.93. The Morgan fingerprint density at radius 1 is 1.00 bits per heavy atom. The second-order valence-electron chi connectivity index (χ2n) is 8.26. The minimum atomic E-state index is -1.46. The van der Waals surface area contributed by atoms with Crippen LogP contribution in [-0.4, -0.2) is 28.5 Å². The van der Waals surface area contributed by atoms with Crippen LogP contribution in [-0.2, 0) is 11.3 Å². The van der Waals surface area contributed by atoms with E-state index in [1.54, 1.807) is 71.3 Å². The van der Waals surface area contributed by atoms with Gasteiger partial charge in [-0.15, -0.1) is 0 Å². The van der Waals surface area contributed by atoms with Crippen molar-refractivity contribution in [3.63, 3.8) is 0 Å². The third-order valence-corrected chi connectivity index (χ3v) is 6.47. The number of carbonyl (C=O) groups excluding carboxylic acids is 2. The molecule has 0 fully saturated rings. The average molecular weight is 511 g/mol. The van der Waals surface area contributed by atoms with Gasteiger partial charge in [-0.1, -0.05) is 35.1 Å². The van der Waals surface area contributed by atoms with Crippen molar-refractivity contribution in [1.29, 1.82) is 0 Å². The number of benzene rings is 3. The summed E-state index contributed by atoms with van der Waals surface area (Å²) in [5, 5.41) is 11.6. The van der Waals surface area contributed by atoms with Crippen molar-refractivity contribution in [2.75, 3.05) is 6.61 Å². The molecule has 180 valence electrons. The fourth-order valence-corrected chi connectivity index (χ4v) is 4.56. The van der Waals surface area contributed by atoms with Gasteiger partial charge in [0.25, 0.3) is 0 Å². The minimum Gasteiger partial charge on any atom is -0.546 e. The molecule has 0 unspecified atom stereocenters. The van der Waals surface area contributed by atoms with Gasteiger partial charge in [-0.3, -0.25) is 14.2 Å². The number of ketones is 1. The maximum Gasteiger partial charge on any atom is 0.308 e. The Balaban J connectivity index is 1.43. The smallest absolute Gasteiger partial charge is 0.308 e. The van der Waals surface area contributed by atoms with E-state index < -0.39 is 11.6 Å². The van der Waals surface area contributed by atoms with E-state index in [0.717, 1.165) is 16.9 Å². The number of aliphatic carboxylic acids is 1. The number of carboxylic acids is 1. The molecule has 0 aliphatic rings. The van der Waals surface area contributed by atoms with Crippen LogP contribution in [0.4, 0.5) is 0 Å². The first-order valence-electron chi connectivity index (χ1n) is 10.7. The summed E-state index contributed by atoms with van der Waals surface area (Å²) in [6.45, 7) is 3.37.